The smallest absolute Gasteiger partial charge is 0.0503 e. The summed E-state index contributed by atoms with van der Waals surface area (Å²) in [6.07, 6.45) is 5.16. The minimum atomic E-state index is 0.673. The Morgan fingerprint density at radius 2 is 2.29 bits per heavy atom. The van der Waals surface area contributed by atoms with Crippen molar-refractivity contribution in [1.82, 2.24) is 10.2 Å². The van der Waals surface area contributed by atoms with Gasteiger partial charge in [-0.15, -0.1) is 0 Å². The molecule has 0 spiro atoms. The Balaban J connectivity index is 2.00. The Bertz CT molecular complexity index is 187. The summed E-state index contributed by atoms with van der Waals surface area (Å²) in [6.45, 7) is 10.4. The van der Waals surface area contributed by atoms with Crippen molar-refractivity contribution in [2.75, 3.05) is 39.9 Å². The second-order valence-electron chi connectivity index (χ2n) is 5.41. The molecule has 2 atom stereocenters. The lowest BCUT2D eigenvalue weighted by Gasteiger charge is -2.18. The standard InChI is InChI=1S/C14H30N2O/c1-4-8-15-13(2)6-5-9-16-10-7-14(11-16)12-17-3/h13-15H,4-12H2,1-3H3. The van der Waals surface area contributed by atoms with Crippen molar-refractivity contribution in [3.8, 4) is 0 Å². The van der Waals surface area contributed by atoms with Gasteiger partial charge < -0.3 is 15.0 Å². The van der Waals surface area contributed by atoms with Crippen molar-refractivity contribution in [3.63, 3.8) is 0 Å². The topological polar surface area (TPSA) is 24.5 Å². The van der Waals surface area contributed by atoms with E-state index in [0.29, 0.717) is 6.04 Å². The van der Waals surface area contributed by atoms with Gasteiger partial charge in [0.25, 0.3) is 0 Å². The number of hydrogen-bond acceptors (Lipinski definition) is 3. The molecule has 0 aliphatic carbocycles. The molecule has 1 aliphatic heterocycles. The van der Waals surface area contributed by atoms with Gasteiger partial charge in [-0.25, -0.2) is 0 Å². The Hall–Kier alpha value is -0.120. The zero-order chi connectivity index (χ0) is 12.5. The van der Waals surface area contributed by atoms with E-state index < -0.39 is 0 Å². The molecule has 0 amide bonds. The molecule has 3 heteroatoms. The minimum Gasteiger partial charge on any atom is -0.384 e. The molecule has 1 fully saturated rings. The molecule has 1 aliphatic rings. The number of likely N-dealkylation sites (tertiary alicyclic amines) is 1. The van der Waals surface area contributed by atoms with Gasteiger partial charge in [-0.05, 0) is 58.2 Å². The van der Waals surface area contributed by atoms with E-state index in [4.69, 9.17) is 4.74 Å². The predicted octanol–water partition coefficient (Wildman–Crippen LogP) is 2.12. The number of nitrogens with one attached hydrogen (secondary N) is 1. The summed E-state index contributed by atoms with van der Waals surface area (Å²) < 4.78 is 5.22. The van der Waals surface area contributed by atoms with Crippen molar-refractivity contribution in [2.24, 2.45) is 5.92 Å². The van der Waals surface area contributed by atoms with Gasteiger partial charge in [0.2, 0.25) is 0 Å². The van der Waals surface area contributed by atoms with Crippen LogP contribution in [0.4, 0.5) is 0 Å². The molecular formula is C14H30N2O. The highest BCUT2D eigenvalue weighted by molar-refractivity contribution is 4.75. The van der Waals surface area contributed by atoms with E-state index in [1.807, 2.05) is 7.11 Å². The molecule has 0 radical (unpaired) electrons. The van der Waals surface area contributed by atoms with Crippen molar-refractivity contribution in [1.29, 1.82) is 0 Å². The molecule has 0 aromatic rings. The summed E-state index contributed by atoms with van der Waals surface area (Å²) in [6, 6.07) is 0.673. The largest absolute Gasteiger partial charge is 0.384 e. The Labute approximate surface area is 107 Å². The molecule has 1 heterocycles. The van der Waals surface area contributed by atoms with Crippen LogP contribution in [-0.2, 0) is 4.74 Å². The van der Waals surface area contributed by atoms with E-state index in [1.165, 1.54) is 45.3 Å². The SMILES string of the molecule is CCCNC(C)CCCN1CCC(COC)C1. The molecular weight excluding hydrogens is 212 g/mol. The summed E-state index contributed by atoms with van der Waals surface area (Å²) in [4.78, 5) is 2.59. The molecule has 0 saturated carbocycles. The van der Waals surface area contributed by atoms with Crippen LogP contribution in [0.25, 0.3) is 0 Å². The summed E-state index contributed by atoms with van der Waals surface area (Å²) in [5.74, 6) is 0.774. The molecule has 0 bridgehead atoms. The monoisotopic (exact) mass is 242 g/mol. The van der Waals surface area contributed by atoms with Crippen molar-refractivity contribution in [3.05, 3.63) is 0 Å². The van der Waals surface area contributed by atoms with Crippen LogP contribution in [0.5, 0.6) is 0 Å². The van der Waals surface area contributed by atoms with Crippen LogP contribution < -0.4 is 5.32 Å². The lowest BCUT2D eigenvalue weighted by molar-refractivity contribution is 0.153. The first-order chi connectivity index (χ1) is 8.26. The molecule has 3 nitrogen and oxygen atoms in total. The normalized spacial score (nSPS) is 23.1. The molecule has 1 N–H and O–H groups in total. The third kappa shape index (κ3) is 6.39. The van der Waals surface area contributed by atoms with Crippen molar-refractivity contribution < 1.29 is 4.74 Å². The van der Waals surface area contributed by atoms with E-state index in [-0.39, 0.29) is 0 Å². The highest BCUT2D eigenvalue weighted by atomic mass is 16.5. The van der Waals surface area contributed by atoms with Gasteiger partial charge in [0.1, 0.15) is 0 Å². The van der Waals surface area contributed by atoms with Gasteiger partial charge in [0.15, 0.2) is 0 Å². The van der Waals surface area contributed by atoms with E-state index >= 15 is 0 Å². The minimum absolute atomic E-state index is 0.673. The molecule has 0 aromatic heterocycles. The first kappa shape index (κ1) is 14.9. The number of ether oxygens (including phenoxy) is 1. The number of hydrogen-bond donors (Lipinski definition) is 1. The molecule has 1 saturated heterocycles. The van der Waals surface area contributed by atoms with Crippen LogP contribution in [0.2, 0.25) is 0 Å². The van der Waals surface area contributed by atoms with Crippen molar-refractivity contribution in [2.45, 2.75) is 45.6 Å². The lowest BCUT2D eigenvalue weighted by Crippen LogP contribution is -2.29. The van der Waals surface area contributed by atoms with Gasteiger partial charge in [-0.1, -0.05) is 6.92 Å². The average Bonchev–Trinajstić information content (AvgIpc) is 2.75. The Morgan fingerprint density at radius 1 is 1.47 bits per heavy atom. The lowest BCUT2D eigenvalue weighted by atomic mass is 10.1. The molecule has 102 valence electrons. The van der Waals surface area contributed by atoms with Crippen LogP contribution in [0.1, 0.15) is 39.5 Å². The zero-order valence-electron chi connectivity index (χ0n) is 11.9. The van der Waals surface area contributed by atoms with Gasteiger partial charge >= 0.3 is 0 Å². The van der Waals surface area contributed by atoms with E-state index in [9.17, 15) is 0 Å². The van der Waals surface area contributed by atoms with Crippen LogP contribution in [0.3, 0.4) is 0 Å². The maximum absolute atomic E-state index is 5.22. The van der Waals surface area contributed by atoms with E-state index in [0.717, 1.165) is 19.1 Å². The summed E-state index contributed by atoms with van der Waals surface area (Å²) >= 11 is 0. The van der Waals surface area contributed by atoms with E-state index in [1.54, 1.807) is 0 Å². The first-order valence-corrected chi connectivity index (χ1v) is 7.21. The quantitative estimate of drug-likeness (QED) is 0.670. The Kier molecular flexibility index (Phi) is 7.82. The van der Waals surface area contributed by atoms with Crippen molar-refractivity contribution >= 4 is 0 Å². The number of rotatable bonds is 9. The predicted molar refractivity (Wildman–Crippen MR) is 73.4 cm³/mol. The maximum atomic E-state index is 5.22. The summed E-state index contributed by atoms with van der Waals surface area (Å²) in [5.41, 5.74) is 0. The average molecular weight is 242 g/mol. The Morgan fingerprint density at radius 3 is 3.00 bits per heavy atom. The maximum Gasteiger partial charge on any atom is 0.0503 e. The summed E-state index contributed by atoms with van der Waals surface area (Å²) in [5, 5.41) is 3.55. The second kappa shape index (κ2) is 8.90. The summed E-state index contributed by atoms with van der Waals surface area (Å²) in [7, 11) is 1.81. The first-order valence-electron chi connectivity index (χ1n) is 7.21. The van der Waals surface area contributed by atoms with Crippen LogP contribution in [-0.4, -0.2) is 50.8 Å². The van der Waals surface area contributed by atoms with Gasteiger partial charge in [0, 0.05) is 19.7 Å². The molecule has 17 heavy (non-hydrogen) atoms. The number of methoxy groups -OCH3 is 1. The number of nitrogens with zero attached hydrogens (tertiary/aromatic N) is 1. The molecule has 0 aromatic carbocycles. The van der Waals surface area contributed by atoms with Gasteiger partial charge in [-0.2, -0.15) is 0 Å². The zero-order valence-corrected chi connectivity index (χ0v) is 11.9. The highest BCUT2D eigenvalue weighted by Crippen LogP contribution is 2.16. The fourth-order valence-electron chi connectivity index (χ4n) is 2.60. The highest BCUT2D eigenvalue weighted by Gasteiger charge is 2.21. The molecule has 1 rings (SSSR count). The van der Waals surface area contributed by atoms with Crippen LogP contribution in [0.15, 0.2) is 0 Å². The van der Waals surface area contributed by atoms with Crippen LogP contribution >= 0.6 is 0 Å². The van der Waals surface area contributed by atoms with Crippen LogP contribution in [0, 0.1) is 5.92 Å². The fourth-order valence-corrected chi connectivity index (χ4v) is 2.60. The fraction of sp³-hybridized carbons (Fsp3) is 1.00. The third-order valence-electron chi connectivity index (χ3n) is 3.63. The second-order valence-corrected chi connectivity index (χ2v) is 5.41. The third-order valence-corrected chi connectivity index (χ3v) is 3.63. The van der Waals surface area contributed by atoms with Gasteiger partial charge in [-0.3, -0.25) is 0 Å². The van der Waals surface area contributed by atoms with Gasteiger partial charge in [0.05, 0.1) is 6.61 Å². The van der Waals surface area contributed by atoms with E-state index in [2.05, 4.69) is 24.1 Å². The molecule has 2 unspecified atom stereocenters.